The highest BCUT2D eigenvalue weighted by Gasteiger charge is 2.46. The van der Waals surface area contributed by atoms with Gasteiger partial charge in [-0.2, -0.15) is 0 Å². The van der Waals surface area contributed by atoms with E-state index in [1.54, 1.807) is 0 Å². The van der Waals surface area contributed by atoms with Crippen LogP contribution in [-0.4, -0.2) is 28.9 Å². The summed E-state index contributed by atoms with van der Waals surface area (Å²) < 4.78 is 11.7. The summed E-state index contributed by atoms with van der Waals surface area (Å²) >= 11 is 0. The molecular weight excluding hydrogens is 302 g/mol. The van der Waals surface area contributed by atoms with Crippen LogP contribution in [0.5, 0.6) is 0 Å². The topological polar surface area (TPSA) is 21.6 Å². The third kappa shape index (κ3) is 5.03. The van der Waals surface area contributed by atoms with Gasteiger partial charge in [0.05, 0.1) is 6.10 Å². The fourth-order valence-corrected chi connectivity index (χ4v) is 9.74. The highest BCUT2D eigenvalue weighted by atomic mass is 28.4. The molecule has 0 spiro atoms. The van der Waals surface area contributed by atoms with E-state index in [1.807, 2.05) is 0 Å². The summed E-state index contributed by atoms with van der Waals surface area (Å²) in [6.45, 7) is 27.8. The smallest absolute Gasteiger partial charge is 0.201 e. The van der Waals surface area contributed by atoms with E-state index in [-0.39, 0.29) is 11.1 Å². The van der Waals surface area contributed by atoms with E-state index in [2.05, 4.69) is 88.5 Å². The zero-order valence-electron chi connectivity index (χ0n) is 17.2. The second-order valence-electron chi connectivity index (χ2n) is 9.23. The van der Waals surface area contributed by atoms with E-state index in [0.29, 0.717) is 16.6 Å². The van der Waals surface area contributed by atoms with Gasteiger partial charge in [0.2, 0.25) is 8.32 Å². The minimum absolute atomic E-state index is 0.119. The van der Waals surface area contributed by atoms with Crippen LogP contribution in [0, 0.1) is 0 Å². The Morgan fingerprint density at radius 1 is 0.818 bits per heavy atom. The summed E-state index contributed by atoms with van der Waals surface area (Å²) in [5.41, 5.74) is 1.86. The molecule has 0 unspecified atom stereocenters. The summed E-state index contributed by atoms with van der Waals surface area (Å²) in [6.07, 6.45) is 2.22. The molecule has 0 aliphatic carbocycles. The Morgan fingerprint density at radius 2 is 1.18 bits per heavy atom. The van der Waals surface area contributed by atoms with Gasteiger partial charge in [-0.3, -0.25) is 0 Å². The van der Waals surface area contributed by atoms with Gasteiger partial charge in [0.15, 0.2) is 8.24 Å². The monoisotopic (exact) mass is 343 g/mol. The second kappa shape index (κ2) is 7.76. The fourth-order valence-electron chi connectivity index (χ4n) is 3.25. The molecule has 0 aliphatic rings. The van der Waals surface area contributed by atoms with Crippen molar-refractivity contribution in [2.24, 2.45) is 4.66 Å². The lowest BCUT2D eigenvalue weighted by Gasteiger charge is -2.43. The molecule has 0 amide bonds. The van der Waals surface area contributed by atoms with Crippen molar-refractivity contribution in [3.05, 3.63) is 0 Å². The highest BCUT2D eigenvalue weighted by molar-refractivity contribution is 6.79. The van der Waals surface area contributed by atoms with Crippen molar-refractivity contribution in [2.45, 2.75) is 110 Å². The molecule has 132 valence electrons. The first-order valence-corrected chi connectivity index (χ1v) is 14.0. The van der Waals surface area contributed by atoms with Crippen LogP contribution >= 0.6 is 0 Å². The van der Waals surface area contributed by atoms with Crippen LogP contribution in [0.25, 0.3) is 0 Å². The molecule has 0 radical (unpaired) electrons. The van der Waals surface area contributed by atoms with E-state index < -0.39 is 16.6 Å². The maximum absolute atomic E-state index is 6.74. The van der Waals surface area contributed by atoms with Gasteiger partial charge in [0.1, 0.15) is 0 Å². The SMILES string of the molecule is CC(C)[Si](O[C@@H](C)/C=N/[Si](C)(C)C(C)(C)C)(C(C)C)C(C)C. The highest BCUT2D eigenvalue weighted by Crippen LogP contribution is 2.43. The average Bonchev–Trinajstić information content (AvgIpc) is 2.30. The Bertz CT molecular complexity index is 346. The molecule has 0 heterocycles. The molecule has 22 heavy (non-hydrogen) atoms. The summed E-state index contributed by atoms with van der Waals surface area (Å²) in [4.78, 5) is 0. The normalized spacial score (nSPS) is 16.3. The van der Waals surface area contributed by atoms with Crippen molar-refractivity contribution >= 4 is 22.8 Å². The van der Waals surface area contributed by atoms with Crippen molar-refractivity contribution in [1.82, 2.24) is 0 Å². The van der Waals surface area contributed by atoms with Crippen molar-refractivity contribution in [1.29, 1.82) is 0 Å². The number of rotatable bonds is 7. The number of hydrogen-bond donors (Lipinski definition) is 0. The Morgan fingerprint density at radius 3 is 1.45 bits per heavy atom. The van der Waals surface area contributed by atoms with Gasteiger partial charge in [-0.05, 0) is 41.7 Å². The lowest BCUT2D eigenvalue weighted by Crippen LogP contribution is -2.50. The third-order valence-electron chi connectivity index (χ3n) is 5.54. The maximum Gasteiger partial charge on any atom is 0.201 e. The molecule has 0 aromatic rings. The van der Waals surface area contributed by atoms with Crippen molar-refractivity contribution in [3.63, 3.8) is 0 Å². The minimum atomic E-state index is -1.81. The van der Waals surface area contributed by atoms with Crippen molar-refractivity contribution in [3.8, 4) is 0 Å². The molecule has 0 saturated carbocycles. The number of nitrogens with zero attached hydrogens (tertiary/aromatic N) is 1. The Balaban J connectivity index is 5.27. The number of hydrogen-bond acceptors (Lipinski definition) is 2. The van der Waals surface area contributed by atoms with Crippen LogP contribution < -0.4 is 0 Å². The Labute approximate surface area is 142 Å². The Kier molecular flexibility index (Phi) is 7.78. The molecule has 0 bridgehead atoms. The molecule has 1 atom stereocenters. The molecule has 0 aliphatic heterocycles. The van der Waals surface area contributed by atoms with E-state index in [9.17, 15) is 0 Å². The maximum atomic E-state index is 6.74. The molecule has 0 N–H and O–H groups in total. The summed E-state index contributed by atoms with van der Waals surface area (Å²) in [6, 6.07) is 0. The molecule has 4 heteroatoms. The predicted molar refractivity (Wildman–Crippen MR) is 107 cm³/mol. The zero-order chi connectivity index (χ0) is 17.9. The first-order chi connectivity index (χ1) is 9.68. The first-order valence-electron chi connectivity index (χ1n) is 8.91. The van der Waals surface area contributed by atoms with Crippen molar-refractivity contribution < 1.29 is 4.43 Å². The molecule has 0 saturated heterocycles. The van der Waals surface area contributed by atoms with E-state index in [0.717, 1.165) is 0 Å². The largest absolute Gasteiger partial charge is 0.409 e. The molecule has 0 rings (SSSR count). The van der Waals surface area contributed by atoms with Gasteiger partial charge in [0, 0.05) is 6.21 Å². The van der Waals surface area contributed by atoms with Crippen LogP contribution in [-0.2, 0) is 4.43 Å². The van der Waals surface area contributed by atoms with Gasteiger partial charge >= 0.3 is 0 Å². The zero-order valence-corrected chi connectivity index (χ0v) is 19.2. The third-order valence-corrected chi connectivity index (χ3v) is 16.2. The summed E-state index contributed by atoms with van der Waals surface area (Å²) in [7, 11) is -3.43. The van der Waals surface area contributed by atoms with Gasteiger partial charge in [-0.1, -0.05) is 62.3 Å². The quantitative estimate of drug-likeness (QED) is 0.375. The van der Waals surface area contributed by atoms with E-state index in [4.69, 9.17) is 9.08 Å². The van der Waals surface area contributed by atoms with Crippen molar-refractivity contribution in [2.75, 3.05) is 0 Å². The minimum Gasteiger partial charge on any atom is -0.409 e. The standard InChI is InChI=1S/C18H41NOSi2/c1-14(2)22(15(3)4,16(5)6)20-17(7)13-19-21(11,12)18(8,9)10/h13-17H,1-12H3/b19-13+/t17-/m0/s1. The van der Waals surface area contributed by atoms with Crippen LogP contribution in [0.1, 0.15) is 69.2 Å². The van der Waals surface area contributed by atoms with E-state index in [1.165, 1.54) is 0 Å². The van der Waals surface area contributed by atoms with Gasteiger partial charge in [-0.25, -0.2) is 0 Å². The molecule has 0 aromatic carbocycles. The van der Waals surface area contributed by atoms with Crippen LogP contribution in [0.2, 0.25) is 34.8 Å². The second-order valence-corrected chi connectivity index (χ2v) is 19.5. The lowest BCUT2D eigenvalue weighted by atomic mass is 10.2. The van der Waals surface area contributed by atoms with Gasteiger partial charge < -0.3 is 9.08 Å². The molecule has 0 fully saturated rings. The Hall–Kier alpha value is 0.0638. The lowest BCUT2D eigenvalue weighted by molar-refractivity contribution is 0.253. The average molecular weight is 344 g/mol. The van der Waals surface area contributed by atoms with E-state index >= 15 is 0 Å². The van der Waals surface area contributed by atoms with Crippen LogP contribution in [0.3, 0.4) is 0 Å². The summed E-state index contributed by atoms with van der Waals surface area (Å²) in [5.74, 6) is 0. The molecule has 0 aromatic heterocycles. The molecular formula is C18H41NOSi2. The fraction of sp³-hybridized carbons (Fsp3) is 0.944. The van der Waals surface area contributed by atoms with Crippen LogP contribution in [0.15, 0.2) is 4.66 Å². The first kappa shape index (κ1) is 22.1. The molecule has 2 nitrogen and oxygen atoms in total. The predicted octanol–water partition coefficient (Wildman–Crippen LogP) is 6.64. The van der Waals surface area contributed by atoms with Gasteiger partial charge in [-0.15, -0.1) is 0 Å². The van der Waals surface area contributed by atoms with Crippen LogP contribution in [0.4, 0.5) is 0 Å². The summed E-state index contributed by atoms with van der Waals surface area (Å²) in [5, 5.41) is 0.284. The van der Waals surface area contributed by atoms with Gasteiger partial charge in [0.25, 0.3) is 0 Å².